The van der Waals surface area contributed by atoms with Gasteiger partial charge in [-0.1, -0.05) is 6.07 Å². The van der Waals surface area contributed by atoms with Crippen LogP contribution in [0.15, 0.2) is 36.4 Å². The first-order chi connectivity index (χ1) is 11.1. The van der Waals surface area contributed by atoms with Gasteiger partial charge in [-0.2, -0.15) is 0 Å². The topological polar surface area (TPSA) is 85.2 Å². The third kappa shape index (κ3) is 2.27. The zero-order chi connectivity index (χ0) is 16.0. The average Bonchev–Trinajstić information content (AvgIpc) is 2.58. The lowest BCUT2D eigenvalue weighted by Crippen LogP contribution is -2.36. The van der Waals surface area contributed by atoms with Gasteiger partial charge in [0.1, 0.15) is 24.7 Å². The molecule has 0 amide bonds. The van der Waals surface area contributed by atoms with Crippen molar-refractivity contribution in [1.82, 2.24) is 0 Å². The maximum absolute atomic E-state index is 12.3. The van der Waals surface area contributed by atoms with Crippen molar-refractivity contribution < 1.29 is 29.2 Å². The normalized spacial score (nSPS) is 22.2. The molecule has 2 atom stereocenters. The van der Waals surface area contributed by atoms with Crippen molar-refractivity contribution in [1.29, 1.82) is 0 Å². The Morgan fingerprint density at radius 1 is 0.957 bits per heavy atom. The van der Waals surface area contributed by atoms with Gasteiger partial charge >= 0.3 is 0 Å². The summed E-state index contributed by atoms with van der Waals surface area (Å²) in [6, 6.07) is 9.42. The highest BCUT2D eigenvalue weighted by atomic mass is 16.6. The molecular weight excluding hydrogens is 300 g/mol. The summed E-state index contributed by atoms with van der Waals surface area (Å²) in [4.78, 5) is 12.3. The van der Waals surface area contributed by atoms with E-state index in [-0.39, 0.29) is 11.3 Å². The molecule has 118 valence electrons. The van der Waals surface area contributed by atoms with Crippen LogP contribution in [0.5, 0.6) is 23.0 Å². The highest BCUT2D eigenvalue weighted by molar-refractivity contribution is 6.03. The molecule has 2 aromatic carbocycles. The highest BCUT2D eigenvalue weighted by Crippen LogP contribution is 2.39. The molecule has 6 heteroatoms. The number of ether oxygens (including phenoxy) is 3. The number of hydrogen-bond acceptors (Lipinski definition) is 6. The van der Waals surface area contributed by atoms with Gasteiger partial charge in [0.15, 0.2) is 29.5 Å². The number of phenolic OH excluding ortho intramolecular Hbond substituents is 1. The third-order valence-corrected chi connectivity index (χ3v) is 3.93. The number of aliphatic hydroxyl groups is 1. The van der Waals surface area contributed by atoms with Crippen LogP contribution in [0.1, 0.15) is 22.0 Å². The molecule has 6 nitrogen and oxygen atoms in total. The van der Waals surface area contributed by atoms with E-state index in [1.165, 1.54) is 18.2 Å². The molecule has 4 rings (SSSR count). The number of ketones is 1. The van der Waals surface area contributed by atoms with Gasteiger partial charge in [-0.15, -0.1) is 0 Å². The molecule has 0 aromatic heterocycles. The van der Waals surface area contributed by atoms with Gasteiger partial charge in [-0.05, 0) is 35.9 Å². The van der Waals surface area contributed by atoms with Gasteiger partial charge in [0, 0.05) is 0 Å². The zero-order valence-corrected chi connectivity index (χ0v) is 12.1. The maximum Gasteiger partial charge on any atom is 0.199 e. The van der Waals surface area contributed by atoms with Crippen molar-refractivity contribution in [2.24, 2.45) is 0 Å². The van der Waals surface area contributed by atoms with E-state index in [1.807, 2.05) is 0 Å². The fraction of sp³-hybridized carbons (Fsp3) is 0.235. The van der Waals surface area contributed by atoms with Crippen LogP contribution < -0.4 is 14.2 Å². The molecule has 0 spiro atoms. The molecule has 0 saturated carbocycles. The summed E-state index contributed by atoms with van der Waals surface area (Å²) in [5.41, 5.74) is 0.792. The second-order valence-corrected chi connectivity index (χ2v) is 5.43. The highest BCUT2D eigenvalue weighted by Gasteiger charge is 2.37. The summed E-state index contributed by atoms with van der Waals surface area (Å²) in [5, 5.41) is 19.8. The van der Waals surface area contributed by atoms with Crippen LogP contribution in [0.4, 0.5) is 0 Å². The second-order valence-electron chi connectivity index (χ2n) is 5.43. The van der Waals surface area contributed by atoms with Crippen LogP contribution in [0.25, 0.3) is 0 Å². The molecule has 2 N–H and O–H groups in total. The van der Waals surface area contributed by atoms with Crippen molar-refractivity contribution in [3.8, 4) is 23.0 Å². The first-order valence-corrected chi connectivity index (χ1v) is 7.25. The monoisotopic (exact) mass is 314 g/mol. The molecule has 0 bridgehead atoms. The van der Waals surface area contributed by atoms with Gasteiger partial charge in [-0.3, -0.25) is 4.79 Å². The van der Waals surface area contributed by atoms with Crippen LogP contribution >= 0.6 is 0 Å². The van der Waals surface area contributed by atoms with Crippen molar-refractivity contribution in [2.45, 2.75) is 12.2 Å². The Balaban J connectivity index is 1.72. The van der Waals surface area contributed by atoms with E-state index >= 15 is 0 Å². The Morgan fingerprint density at radius 2 is 1.70 bits per heavy atom. The molecule has 2 aliphatic heterocycles. The van der Waals surface area contributed by atoms with Crippen LogP contribution in [0.2, 0.25) is 0 Å². The SMILES string of the molecule is O=C1c2cc(O)ccc2O[C@H](c2ccc3c(c2)OCCO3)[C@H]1O. The van der Waals surface area contributed by atoms with Crippen molar-refractivity contribution in [3.63, 3.8) is 0 Å². The predicted molar refractivity (Wildman–Crippen MR) is 79.2 cm³/mol. The Bertz CT molecular complexity index is 785. The maximum atomic E-state index is 12.3. The minimum atomic E-state index is -1.35. The lowest BCUT2D eigenvalue weighted by molar-refractivity contribution is 0.0214. The number of benzene rings is 2. The minimum Gasteiger partial charge on any atom is -0.508 e. The summed E-state index contributed by atoms with van der Waals surface area (Å²) in [5.74, 6) is 0.987. The lowest BCUT2D eigenvalue weighted by atomic mass is 9.93. The molecule has 0 fully saturated rings. The van der Waals surface area contributed by atoms with Crippen LogP contribution in [-0.2, 0) is 0 Å². The van der Waals surface area contributed by atoms with Gasteiger partial charge in [0.25, 0.3) is 0 Å². The van der Waals surface area contributed by atoms with E-state index in [9.17, 15) is 15.0 Å². The molecule has 0 unspecified atom stereocenters. The Kier molecular flexibility index (Phi) is 3.12. The van der Waals surface area contributed by atoms with E-state index in [4.69, 9.17) is 14.2 Å². The van der Waals surface area contributed by atoms with Gasteiger partial charge in [0.2, 0.25) is 0 Å². The summed E-state index contributed by atoms with van der Waals surface area (Å²) in [6.07, 6.45) is -2.19. The molecule has 2 heterocycles. The van der Waals surface area contributed by atoms with E-state index in [2.05, 4.69) is 0 Å². The van der Waals surface area contributed by atoms with Crippen molar-refractivity contribution >= 4 is 5.78 Å². The minimum absolute atomic E-state index is 0.0503. The zero-order valence-electron chi connectivity index (χ0n) is 12.1. The van der Waals surface area contributed by atoms with Gasteiger partial charge in [0.05, 0.1) is 5.56 Å². The third-order valence-electron chi connectivity index (χ3n) is 3.93. The number of aliphatic hydroxyl groups excluding tert-OH is 1. The number of phenols is 1. The molecule has 2 aromatic rings. The molecule has 0 radical (unpaired) electrons. The van der Waals surface area contributed by atoms with E-state index in [0.29, 0.717) is 36.0 Å². The Morgan fingerprint density at radius 3 is 2.52 bits per heavy atom. The van der Waals surface area contributed by atoms with E-state index in [0.717, 1.165) is 0 Å². The van der Waals surface area contributed by atoms with Gasteiger partial charge in [-0.25, -0.2) is 0 Å². The number of hydrogen-bond donors (Lipinski definition) is 2. The Hall–Kier alpha value is -2.73. The van der Waals surface area contributed by atoms with E-state index < -0.39 is 18.0 Å². The lowest BCUT2D eigenvalue weighted by Gasteiger charge is -2.30. The molecular formula is C17H14O6. The number of carbonyl (C=O) groups excluding carboxylic acids is 1. The van der Waals surface area contributed by atoms with Crippen molar-refractivity contribution in [2.75, 3.05) is 13.2 Å². The number of aromatic hydroxyl groups is 1. The Labute approximate surface area is 131 Å². The first-order valence-electron chi connectivity index (χ1n) is 7.25. The van der Waals surface area contributed by atoms with Crippen molar-refractivity contribution in [3.05, 3.63) is 47.5 Å². The average molecular weight is 314 g/mol. The standard InChI is InChI=1S/C17H14O6/c18-10-2-4-12-11(8-10)15(19)16(20)17(23-12)9-1-3-13-14(7-9)22-6-5-21-13/h1-4,7-8,16-18,20H,5-6H2/t16-,17+/m0/s1. The summed E-state index contributed by atoms with van der Waals surface area (Å²) < 4.78 is 16.8. The molecule has 2 aliphatic rings. The second kappa shape index (κ2) is 5.17. The number of rotatable bonds is 1. The van der Waals surface area contributed by atoms with Crippen LogP contribution in [-0.4, -0.2) is 35.3 Å². The van der Waals surface area contributed by atoms with Gasteiger partial charge < -0.3 is 24.4 Å². The molecule has 23 heavy (non-hydrogen) atoms. The fourth-order valence-electron chi connectivity index (χ4n) is 2.80. The fourth-order valence-corrected chi connectivity index (χ4v) is 2.80. The number of Topliss-reactive ketones (excluding diaryl/α,β-unsaturated/α-hetero) is 1. The number of fused-ring (bicyclic) bond motifs is 2. The largest absolute Gasteiger partial charge is 0.508 e. The number of carbonyl (C=O) groups is 1. The van der Waals surface area contributed by atoms with Crippen LogP contribution in [0, 0.1) is 0 Å². The first kappa shape index (κ1) is 13.9. The van der Waals surface area contributed by atoms with E-state index in [1.54, 1.807) is 18.2 Å². The van der Waals surface area contributed by atoms with Crippen LogP contribution in [0.3, 0.4) is 0 Å². The molecule has 0 saturated heterocycles. The molecule has 0 aliphatic carbocycles. The smallest absolute Gasteiger partial charge is 0.199 e. The summed E-state index contributed by atoms with van der Waals surface area (Å²) in [6.45, 7) is 0.940. The predicted octanol–water partition coefficient (Wildman–Crippen LogP) is 1.84. The summed E-state index contributed by atoms with van der Waals surface area (Å²) in [7, 11) is 0. The quantitative estimate of drug-likeness (QED) is 0.835. The summed E-state index contributed by atoms with van der Waals surface area (Å²) >= 11 is 0.